The maximum atomic E-state index is 13.4. The lowest BCUT2D eigenvalue weighted by molar-refractivity contribution is 0.102. The van der Waals surface area contributed by atoms with Crippen LogP contribution in [-0.4, -0.2) is 66.3 Å². The molecule has 0 radical (unpaired) electrons. The number of carbonyl (C=O) groups excluding carboxylic acids is 1. The van der Waals surface area contributed by atoms with Crippen molar-refractivity contribution in [3.05, 3.63) is 70.9 Å². The van der Waals surface area contributed by atoms with Crippen molar-refractivity contribution in [2.45, 2.75) is 6.92 Å². The van der Waals surface area contributed by atoms with Gasteiger partial charge in [0, 0.05) is 62.1 Å². The molecule has 194 valence electrons. The Labute approximate surface area is 218 Å². The quantitative estimate of drug-likeness (QED) is 0.168. The van der Waals surface area contributed by atoms with E-state index in [1.54, 1.807) is 30.8 Å². The molecule has 1 aliphatic rings. The fraction of sp³-hybridized carbons (Fsp3) is 0.280. The van der Waals surface area contributed by atoms with E-state index in [4.69, 9.17) is 16.0 Å². The number of hydrogen-bond donors (Lipinski definition) is 3. The zero-order valence-corrected chi connectivity index (χ0v) is 21.5. The predicted octanol–water partition coefficient (Wildman–Crippen LogP) is 3.42. The molecular formula is C25H29FN8O2S. The van der Waals surface area contributed by atoms with Crippen molar-refractivity contribution in [3.8, 4) is 5.75 Å². The highest BCUT2D eigenvalue weighted by Gasteiger charge is 2.19. The van der Waals surface area contributed by atoms with Crippen molar-refractivity contribution >= 4 is 40.0 Å². The van der Waals surface area contributed by atoms with E-state index in [-0.39, 0.29) is 17.9 Å². The second kappa shape index (κ2) is 11.5. The molecule has 37 heavy (non-hydrogen) atoms. The molecule has 10 nitrogen and oxygen atoms in total. The van der Waals surface area contributed by atoms with Crippen LogP contribution in [0, 0.1) is 12.3 Å². The van der Waals surface area contributed by atoms with Crippen molar-refractivity contribution in [1.82, 2.24) is 14.9 Å². The third kappa shape index (κ3) is 6.67. The molecule has 0 aliphatic carbocycles. The molecule has 3 aromatic rings. The van der Waals surface area contributed by atoms with Gasteiger partial charge < -0.3 is 30.3 Å². The Hall–Kier alpha value is -3.87. The van der Waals surface area contributed by atoms with Crippen molar-refractivity contribution in [1.29, 1.82) is 5.41 Å². The van der Waals surface area contributed by atoms with Crippen LogP contribution in [-0.2, 0) is 0 Å². The Bertz CT molecular complexity index is 1290. The van der Waals surface area contributed by atoms with Gasteiger partial charge in [0.05, 0.1) is 39.6 Å². The number of likely N-dealkylation sites (N-methyl/N-ethyl adjacent to an activating group) is 1. The van der Waals surface area contributed by atoms with Gasteiger partial charge in [-0.15, -0.1) is 11.3 Å². The number of piperazine rings is 1. The van der Waals surface area contributed by atoms with Gasteiger partial charge in [-0.05, 0) is 32.7 Å². The van der Waals surface area contributed by atoms with Crippen molar-refractivity contribution < 1.29 is 13.9 Å². The molecule has 0 atom stereocenters. The summed E-state index contributed by atoms with van der Waals surface area (Å²) in [5.74, 6) is 6.06. The van der Waals surface area contributed by atoms with Crippen molar-refractivity contribution in [2.75, 3.05) is 55.0 Å². The Morgan fingerprint density at radius 1 is 1.27 bits per heavy atom. The first-order valence-corrected chi connectivity index (χ1v) is 12.4. The van der Waals surface area contributed by atoms with Crippen molar-refractivity contribution in [2.24, 2.45) is 5.84 Å². The number of aryl methyl sites for hydroxylation is 1. The number of thiazole rings is 1. The van der Waals surface area contributed by atoms with Crippen molar-refractivity contribution in [3.63, 3.8) is 0 Å². The first kappa shape index (κ1) is 26.2. The highest BCUT2D eigenvalue weighted by Crippen LogP contribution is 2.30. The molecule has 1 aromatic carbocycles. The van der Waals surface area contributed by atoms with E-state index in [1.807, 2.05) is 6.07 Å². The van der Waals surface area contributed by atoms with Crippen LogP contribution < -0.4 is 25.8 Å². The highest BCUT2D eigenvalue weighted by atomic mass is 32.1. The molecule has 0 spiro atoms. The summed E-state index contributed by atoms with van der Waals surface area (Å²) in [6, 6.07) is 5.78. The summed E-state index contributed by atoms with van der Waals surface area (Å²) in [7, 11) is 2.06. The second-order valence-corrected chi connectivity index (χ2v) is 9.60. The Balaban J connectivity index is 1.54. The summed E-state index contributed by atoms with van der Waals surface area (Å²) in [6.07, 6.45) is 3.07. The first-order chi connectivity index (χ1) is 17.7. The van der Waals surface area contributed by atoms with E-state index in [0.29, 0.717) is 27.7 Å². The Kier molecular flexibility index (Phi) is 8.11. The number of halogens is 1. The lowest BCUT2D eigenvalue weighted by Crippen LogP contribution is -2.44. The number of benzene rings is 1. The number of nitrogens with one attached hydrogen (secondary N) is 2. The SMILES string of the molecule is C=C(F)Oc1cc(NC(=O)c2cnc(C)c(N(N)CC(=N)c3cncs3)c2)cc(N2CCN(C)CC2)c1. The first-order valence-electron chi connectivity index (χ1n) is 11.6. The number of hydrogen-bond acceptors (Lipinski definition) is 10. The lowest BCUT2D eigenvalue weighted by atomic mass is 10.1. The topological polar surface area (TPSA) is 124 Å². The van der Waals surface area contributed by atoms with E-state index in [2.05, 4.69) is 38.7 Å². The van der Waals surface area contributed by atoms with Gasteiger partial charge in [-0.25, -0.2) is 5.84 Å². The maximum Gasteiger partial charge on any atom is 0.270 e. The van der Waals surface area contributed by atoms with Crippen LogP contribution in [0.1, 0.15) is 20.9 Å². The van der Waals surface area contributed by atoms with Crippen LogP contribution in [0.15, 0.2) is 54.8 Å². The van der Waals surface area contributed by atoms with Gasteiger partial charge in [0.2, 0.25) is 0 Å². The van der Waals surface area contributed by atoms with Gasteiger partial charge in [-0.1, -0.05) is 0 Å². The third-order valence-corrected chi connectivity index (χ3v) is 6.77. The second-order valence-electron chi connectivity index (χ2n) is 8.72. The molecule has 1 aliphatic heterocycles. The van der Waals surface area contributed by atoms with E-state index in [1.165, 1.54) is 28.6 Å². The molecule has 0 saturated carbocycles. The molecule has 1 fully saturated rings. The van der Waals surface area contributed by atoms with Gasteiger partial charge in [0.1, 0.15) is 5.75 Å². The molecule has 2 aromatic heterocycles. The van der Waals surface area contributed by atoms with E-state index in [9.17, 15) is 9.18 Å². The summed E-state index contributed by atoms with van der Waals surface area (Å²) in [6.45, 7) is 8.42. The van der Waals surface area contributed by atoms with Crippen LogP contribution in [0.25, 0.3) is 0 Å². The summed E-state index contributed by atoms with van der Waals surface area (Å²) >= 11 is 1.36. The number of nitrogens with two attached hydrogens (primary N) is 1. The number of rotatable bonds is 9. The number of pyridine rings is 1. The molecule has 0 unspecified atom stereocenters. The van der Waals surface area contributed by atoms with E-state index in [0.717, 1.165) is 31.9 Å². The minimum absolute atomic E-state index is 0.122. The highest BCUT2D eigenvalue weighted by molar-refractivity contribution is 7.11. The number of aromatic nitrogens is 2. The van der Waals surface area contributed by atoms with Gasteiger partial charge >= 0.3 is 0 Å². The number of amides is 1. The zero-order valence-electron chi connectivity index (χ0n) is 20.7. The van der Waals surface area contributed by atoms with Crippen LogP contribution in [0.5, 0.6) is 5.75 Å². The van der Waals surface area contributed by atoms with Gasteiger partial charge in [0.15, 0.2) is 0 Å². The average molecular weight is 525 g/mol. The van der Waals surface area contributed by atoms with Gasteiger partial charge in [-0.2, -0.15) is 4.39 Å². The average Bonchev–Trinajstić information content (AvgIpc) is 3.39. The van der Waals surface area contributed by atoms with Crippen LogP contribution in [0.4, 0.5) is 21.5 Å². The monoisotopic (exact) mass is 524 g/mol. The van der Waals surface area contributed by atoms with E-state index < -0.39 is 11.9 Å². The molecule has 4 N–H and O–H groups in total. The fourth-order valence-electron chi connectivity index (χ4n) is 3.93. The number of nitrogens with zero attached hydrogens (tertiary/aromatic N) is 5. The Morgan fingerprint density at radius 2 is 2.03 bits per heavy atom. The fourth-order valence-corrected chi connectivity index (χ4v) is 4.49. The normalized spacial score (nSPS) is 13.8. The summed E-state index contributed by atoms with van der Waals surface area (Å²) in [5, 5.41) is 12.5. The molecule has 1 saturated heterocycles. The zero-order chi connectivity index (χ0) is 26.5. The van der Waals surface area contributed by atoms with Gasteiger partial charge in [0.25, 0.3) is 11.9 Å². The minimum atomic E-state index is -0.938. The number of anilines is 3. The third-order valence-electron chi connectivity index (χ3n) is 5.94. The number of hydrazine groups is 1. The molecule has 0 bridgehead atoms. The van der Waals surface area contributed by atoms with Crippen LogP contribution >= 0.6 is 11.3 Å². The van der Waals surface area contributed by atoms with Crippen LogP contribution in [0.2, 0.25) is 0 Å². The maximum absolute atomic E-state index is 13.4. The lowest BCUT2D eigenvalue weighted by Gasteiger charge is -2.34. The molecule has 1 amide bonds. The van der Waals surface area contributed by atoms with Crippen LogP contribution in [0.3, 0.4) is 0 Å². The smallest absolute Gasteiger partial charge is 0.270 e. The summed E-state index contributed by atoms with van der Waals surface area (Å²) < 4.78 is 18.6. The molecular weight excluding hydrogens is 495 g/mol. The Morgan fingerprint density at radius 3 is 2.70 bits per heavy atom. The van der Waals surface area contributed by atoms with Gasteiger partial charge in [-0.3, -0.25) is 14.8 Å². The largest absolute Gasteiger partial charge is 0.432 e. The molecule has 4 rings (SSSR count). The predicted molar refractivity (Wildman–Crippen MR) is 144 cm³/mol. The van der Waals surface area contributed by atoms with E-state index >= 15 is 0 Å². The number of ether oxygens (including phenoxy) is 1. The minimum Gasteiger partial charge on any atom is -0.432 e. The molecule has 3 heterocycles. The molecule has 12 heteroatoms. The summed E-state index contributed by atoms with van der Waals surface area (Å²) in [4.78, 5) is 26.6. The summed E-state index contributed by atoms with van der Waals surface area (Å²) in [5.41, 5.74) is 4.62. The number of carbonyl (C=O) groups is 1. The standard InChI is InChI=1S/C25H29FN8O2S/c1-16-23(34(28)14-22(27)24-13-29-15-37-24)8-18(12-30-16)25(35)31-19-9-20(11-21(10-19)36-17(2)26)33-6-4-32(3)5-7-33/h8-13,15,27H,2,4-7,14,28H2,1,3H3,(H,31,35).